The van der Waals surface area contributed by atoms with Gasteiger partial charge in [0.2, 0.25) is 5.88 Å². The van der Waals surface area contributed by atoms with Gasteiger partial charge in [0.25, 0.3) is 0 Å². The van der Waals surface area contributed by atoms with Crippen LogP contribution < -0.4 is 4.74 Å². The molecule has 2 aliphatic rings. The fourth-order valence-corrected chi connectivity index (χ4v) is 5.82. The Morgan fingerprint density at radius 2 is 2.29 bits per heavy atom. The maximum Gasteiger partial charge on any atom is 0.213 e. The van der Waals surface area contributed by atoms with Gasteiger partial charge < -0.3 is 9.64 Å². The van der Waals surface area contributed by atoms with Crippen molar-refractivity contribution < 1.29 is 13.2 Å². The van der Waals surface area contributed by atoms with E-state index in [1.54, 1.807) is 12.1 Å². The van der Waals surface area contributed by atoms with Crippen molar-refractivity contribution in [2.24, 2.45) is 5.92 Å². The van der Waals surface area contributed by atoms with Crippen molar-refractivity contribution in [2.75, 3.05) is 32.5 Å². The van der Waals surface area contributed by atoms with E-state index in [1.165, 1.54) is 6.20 Å². The van der Waals surface area contributed by atoms with E-state index in [1.807, 2.05) is 18.0 Å². The molecule has 2 fully saturated rings. The highest BCUT2D eigenvalue weighted by molar-refractivity contribution is 7.93. The minimum atomic E-state index is -3.03. The van der Waals surface area contributed by atoms with Crippen LogP contribution in [-0.2, 0) is 9.84 Å². The molecule has 0 aromatic carbocycles. The van der Waals surface area contributed by atoms with E-state index in [9.17, 15) is 8.42 Å². The van der Waals surface area contributed by atoms with Gasteiger partial charge in [-0.05, 0) is 19.5 Å². The third-order valence-electron chi connectivity index (χ3n) is 4.47. The topological polar surface area (TPSA) is 83.3 Å². The molecule has 1 aromatic heterocycles. The zero-order valence-electron chi connectivity index (χ0n) is 11.8. The lowest BCUT2D eigenvalue weighted by Crippen LogP contribution is -2.66. The molecular weight excluding hydrogens is 290 g/mol. The number of hydrogen-bond donors (Lipinski definition) is 0. The molecule has 21 heavy (non-hydrogen) atoms. The Kier molecular flexibility index (Phi) is 3.38. The molecule has 0 saturated carbocycles. The number of rotatable bonds is 3. The van der Waals surface area contributed by atoms with Crippen molar-refractivity contribution in [3.63, 3.8) is 0 Å². The predicted octanol–water partition coefficient (Wildman–Crippen LogP) is 0.451. The second-order valence-corrected chi connectivity index (χ2v) is 8.30. The van der Waals surface area contributed by atoms with Gasteiger partial charge in [-0.25, -0.2) is 13.4 Å². The molecule has 2 saturated heterocycles. The Morgan fingerprint density at radius 3 is 2.86 bits per heavy atom. The first-order valence-corrected chi connectivity index (χ1v) is 8.52. The van der Waals surface area contributed by atoms with Crippen LogP contribution in [0.3, 0.4) is 0 Å². The molecule has 0 amide bonds. The minimum absolute atomic E-state index is 0.0103. The molecule has 1 aromatic rings. The van der Waals surface area contributed by atoms with Gasteiger partial charge in [-0.15, -0.1) is 0 Å². The van der Waals surface area contributed by atoms with E-state index < -0.39 is 14.6 Å². The van der Waals surface area contributed by atoms with E-state index in [2.05, 4.69) is 4.98 Å². The number of ether oxygens (including phenoxy) is 1. The lowest BCUT2D eigenvalue weighted by Gasteiger charge is -2.48. The van der Waals surface area contributed by atoms with E-state index in [-0.39, 0.29) is 11.7 Å². The fraction of sp³-hybridized carbons (Fsp3) is 0.571. The molecule has 3 heterocycles. The number of hydrogen-bond acceptors (Lipinski definition) is 6. The quantitative estimate of drug-likeness (QED) is 0.806. The average molecular weight is 307 g/mol. The highest BCUT2D eigenvalue weighted by Crippen LogP contribution is 2.44. The molecule has 6 nitrogen and oxygen atoms in total. The Labute approximate surface area is 124 Å². The van der Waals surface area contributed by atoms with Gasteiger partial charge >= 0.3 is 0 Å². The van der Waals surface area contributed by atoms with Gasteiger partial charge in [-0.2, -0.15) is 5.26 Å². The summed E-state index contributed by atoms with van der Waals surface area (Å²) in [6.45, 7) is 1.53. The summed E-state index contributed by atoms with van der Waals surface area (Å²) in [5, 5.41) is 8.72. The number of likely N-dealkylation sites (tertiary alicyclic amines) is 1. The van der Waals surface area contributed by atoms with Gasteiger partial charge in [-0.3, -0.25) is 0 Å². The zero-order valence-corrected chi connectivity index (χ0v) is 12.6. The minimum Gasteiger partial charge on any atom is -0.477 e. The zero-order chi connectivity index (χ0) is 15.1. The summed E-state index contributed by atoms with van der Waals surface area (Å²) in [4.78, 5) is 6.07. The number of pyridine rings is 1. The smallest absolute Gasteiger partial charge is 0.213 e. The van der Waals surface area contributed by atoms with Crippen LogP contribution in [-0.4, -0.2) is 55.5 Å². The number of sulfone groups is 1. The third kappa shape index (κ3) is 2.28. The Balaban J connectivity index is 1.69. The summed E-state index contributed by atoms with van der Waals surface area (Å²) in [6, 6.07) is 5.28. The highest BCUT2D eigenvalue weighted by Gasteiger charge is 2.60. The summed E-state index contributed by atoms with van der Waals surface area (Å²) in [6.07, 6.45) is 2.10. The van der Waals surface area contributed by atoms with E-state index in [4.69, 9.17) is 10.00 Å². The summed E-state index contributed by atoms with van der Waals surface area (Å²) in [5.74, 6) is 0.688. The van der Waals surface area contributed by atoms with Crippen molar-refractivity contribution in [3.8, 4) is 11.9 Å². The highest BCUT2D eigenvalue weighted by atomic mass is 32.2. The van der Waals surface area contributed by atoms with Crippen LogP contribution in [0.2, 0.25) is 0 Å². The summed E-state index contributed by atoms with van der Waals surface area (Å²) >= 11 is 0. The number of nitrogens with zero attached hydrogens (tertiary/aromatic N) is 3. The molecule has 0 bridgehead atoms. The average Bonchev–Trinajstić information content (AvgIpc) is 2.69. The van der Waals surface area contributed by atoms with Crippen LogP contribution in [0.15, 0.2) is 18.3 Å². The lowest BCUT2D eigenvalue weighted by molar-refractivity contribution is 0.0855. The third-order valence-corrected chi connectivity index (χ3v) is 7.07. The molecule has 0 radical (unpaired) electrons. The first-order valence-electron chi connectivity index (χ1n) is 6.87. The molecule has 7 heteroatoms. The Hall–Kier alpha value is -1.65. The molecule has 0 N–H and O–H groups in total. The van der Waals surface area contributed by atoms with Crippen molar-refractivity contribution in [3.05, 3.63) is 23.9 Å². The molecule has 2 aliphatic heterocycles. The molecule has 1 atom stereocenters. The number of nitriles is 1. The van der Waals surface area contributed by atoms with Gasteiger partial charge in [0.15, 0.2) is 9.84 Å². The first-order chi connectivity index (χ1) is 9.97. The largest absolute Gasteiger partial charge is 0.477 e. The van der Waals surface area contributed by atoms with Crippen molar-refractivity contribution in [1.29, 1.82) is 5.26 Å². The van der Waals surface area contributed by atoms with Gasteiger partial charge in [0.05, 0.1) is 17.9 Å². The molecule has 3 rings (SSSR count). The fourth-order valence-electron chi connectivity index (χ4n) is 3.29. The van der Waals surface area contributed by atoms with Crippen LogP contribution >= 0.6 is 0 Å². The summed E-state index contributed by atoms with van der Waals surface area (Å²) in [5.41, 5.74) is 0.475. The van der Waals surface area contributed by atoms with Crippen molar-refractivity contribution in [2.45, 2.75) is 11.2 Å². The van der Waals surface area contributed by atoms with Gasteiger partial charge in [0.1, 0.15) is 10.8 Å². The lowest BCUT2D eigenvalue weighted by atomic mass is 9.84. The van der Waals surface area contributed by atoms with Crippen molar-refractivity contribution in [1.82, 2.24) is 9.88 Å². The molecule has 112 valence electrons. The maximum atomic E-state index is 12.3. The molecule has 1 spiro atoms. The molecule has 1 unspecified atom stereocenters. The second-order valence-electron chi connectivity index (χ2n) is 5.85. The first kappa shape index (κ1) is 14.3. The molecule has 0 aliphatic carbocycles. The van der Waals surface area contributed by atoms with E-state index >= 15 is 0 Å². The predicted molar refractivity (Wildman–Crippen MR) is 76.6 cm³/mol. The standard InChI is InChI=1S/C14H17N3O3S/c1-17-9-14(10-17)12(4-5-21(14,18)19)8-20-13-3-2-11(6-15)7-16-13/h2-3,7,12H,4-5,8-10H2,1H3. The Morgan fingerprint density at radius 1 is 1.52 bits per heavy atom. The van der Waals surface area contributed by atoms with Crippen molar-refractivity contribution >= 4 is 9.84 Å². The van der Waals surface area contributed by atoms with Crippen LogP contribution in [0.5, 0.6) is 5.88 Å². The maximum absolute atomic E-state index is 12.3. The summed E-state index contributed by atoms with van der Waals surface area (Å²) in [7, 11) is -1.10. The second kappa shape index (κ2) is 4.97. The van der Waals surface area contributed by atoms with Crippen LogP contribution in [0.25, 0.3) is 0 Å². The summed E-state index contributed by atoms with van der Waals surface area (Å²) < 4.78 is 29.6. The van der Waals surface area contributed by atoms with E-state index in [0.717, 1.165) is 0 Å². The van der Waals surface area contributed by atoms with Gasteiger partial charge in [-0.1, -0.05) is 0 Å². The number of aromatic nitrogens is 1. The van der Waals surface area contributed by atoms with Crippen LogP contribution in [0.4, 0.5) is 0 Å². The van der Waals surface area contributed by atoms with Crippen LogP contribution in [0, 0.1) is 17.2 Å². The monoisotopic (exact) mass is 307 g/mol. The normalized spacial score (nSPS) is 26.2. The Bertz CT molecular complexity index is 672. The molecular formula is C14H17N3O3S. The SMILES string of the molecule is CN1CC2(C1)C(COc1ccc(C#N)cn1)CCS2(=O)=O. The van der Waals surface area contributed by atoms with Crippen LogP contribution in [0.1, 0.15) is 12.0 Å². The van der Waals surface area contributed by atoms with E-state index in [0.29, 0.717) is 37.6 Å². The van der Waals surface area contributed by atoms with Gasteiger partial charge in [0, 0.05) is 31.3 Å².